The van der Waals surface area contributed by atoms with Crippen LogP contribution in [-0.2, 0) is 6.42 Å². The van der Waals surface area contributed by atoms with Gasteiger partial charge in [0.15, 0.2) is 0 Å². The first kappa shape index (κ1) is 10.2. The van der Waals surface area contributed by atoms with Crippen molar-refractivity contribution in [2.45, 2.75) is 38.8 Å². The molecule has 0 aliphatic heterocycles. The maximum atomic E-state index is 12.8. The molecule has 0 aliphatic rings. The highest BCUT2D eigenvalue weighted by Gasteiger charge is 2.01. The van der Waals surface area contributed by atoms with E-state index in [4.69, 9.17) is 0 Å². The molecule has 0 spiro atoms. The molecule has 0 bridgehead atoms. The van der Waals surface area contributed by atoms with E-state index < -0.39 is 6.17 Å². The molecule has 72 valence electrons. The second-order valence-corrected chi connectivity index (χ2v) is 3.38. The Labute approximate surface area is 79.8 Å². The Bertz CT molecular complexity index is 218. The van der Waals surface area contributed by atoms with Gasteiger partial charge in [0.1, 0.15) is 0 Å². The van der Waals surface area contributed by atoms with E-state index >= 15 is 0 Å². The van der Waals surface area contributed by atoms with Crippen LogP contribution in [0.4, 0.5) is 4.39 Å². The van der Waals surface area contributed by atoms with Crippen molar-refractivity contribution in [2.75, 3.05) is 0 Å². The molecular weight excluding hydrogens is 163 g/mol. The summed E-state index contributed by atoms with van der Waals surface area (Å²) in [6, 6.07) is 10.3. The van der Waals surface area contributed by atoms with Crippen LogP contribution in [0.2, 0.25) is 0 Å². The minimum Gasteiger partial charge on any atom is -0.248 e. The number of halogens is 1. The van der Waals surface area contributed by atoms with E-state index in [0.29, 0.717) is 12.8 Å². The topological polar surface area (TPSA) is 0 Å². The first-order valence-corrected chi connectivity index (χ1v) is 5.01. The van der Waals surface area contributed by atoms with Gasteiger partial charge in [0.05, 0.1) is 6.17 Å². The highest BCUT2D eigenvalue weighted by Crippen LogP contribution is 2.10. The lowest BCUT2D eigenvalue weighted by Gasteiger charge is -2.04. The lowest BCUT2D eigenvalue weighted by molar-refractivity contribution is 0.300. The predicted molar refractivity (Wildman–Crippen MR) is 54.6 cm³/mol. The highest BCUT2D eigenvalue weighted by atomic mass is 19.1. The second kappa shape index (κ2) is 5.74. The number of hydrogen-bond acceptors (Lipinski definition) is 0. The van der Waals surface area contributed by atoms with E-state index in [2.05, 4.69) is 12.1 Å². The summed E-state index contributed by atoms with van der Waals surface area (Å²) in [6.07, 6.45) is 2.70. The molecule has 0 aromatic heterocycles. The van der Waals surface area contributed by atoms with Gasteiger partial charge in [0.25, 0.3) is 0 Å². The zero-order chi connectivity index (χ0) is 9.52. The van der Waals surface area contributed by atoms with Crippen molar-refractivity contribution in [1.82, 2.24) is 0 Å². The minimum atomic E-state index is -0.608. The Morgan fingerprint density at radius 1 is 1.23 bits per heavy atom. The van der Waals surface area contributed by atoms with Gasteiger partial charge in [-0.25, -0.2) is 4.39 Å². The first-order chi connectivity index (χ1) is 6.33. The van der Waals surface area contributed by atoms with Gasteiger partial charge in [0.2, 0.25) is 0 Å². The standard InChI is InChI=1S/C12H17F/c1-2-12(13)10-6-9-11-7-4-3-5-8-11/h3-5,7-8,12H,2,6,9-10H2,1H3. The SMILES string of the molecule is CCC(F)CCCc1ccccc1. The smallest absolute Gasteiger partial charge is 0.0999 e. The van der Waals surface area contributed by atoms with Gasteiger partial charge < -0.3 is 0 Å². The monoisotopic (exact) mass is 180 g/mol. The summed E-state index contributed by atoms with van der Waals surface area (Å²) < 4.78 is 12.8. The summed E-state index contributed by atoms with van der Waals surface area (Å²) in [4.78, 5) is 0. The number of benzene rings is 1. The van der Waals surface area contributed by atoms with Gasteiger partial charge >= 0.3 is 0 Å². The minimum absolute atomic E-state index is 0.608. The molecule has 1 aromatic carbocycles. The molecule has 0 heterocycles. The zero-order valence-corrected chi connectivity index (χ0v) is 8.17. The summed E-state index contributed by atoms with van der Waals surface area (Å²) in [5, 5.41) is 0. The molecule has 0 fully saturated rings. The predicted octanol–water partition coefficient (Wildman–Crippen LogP) is 3.76. The molecule has 0 amide bonds. The third kappa shape index (κ3) is 4.07. The largest absolute Gasteiger partial charge is 0.248 e. The van der Waals surface area contributed by atoms with E-state index in [1.165, 1.54) is 5.56 Å². The Kier molecular flexibility index (Phi) is 4.52. The molecule has 0 nitrogen and oxygen atoms in total. The molecule has 1 heteroatoms. The van der Waals surface area contributed by atoms with Gasteiger partial charge in [-0.3, -0.25) is 0 Å². The van der Waals surface area contributed by atoms with E-state index in [9.17, 15) is 4.39 Å². The Morgan fingerprint density at radius 3 is 2.54 bits per heavy atom. The van der Waals surface area contributed by atoms with Crippen LogP contribution in [0.1, 0.15) is 31.7 Å². The summed E-state index contributed by atoms with van der Waals surface area (Å²) in [7, 11) is 0. The fourth-order valence-electron chi connectivity index (χ4n) is 1.38. The molecule has 0 aliphatic carbocycles. The third-order valence-corrected chi connectivity index (χ3v) is 2.27. The van der Waals surface area contributed by atoms with Gasteiger partial charge in [0, 0.05) is 0 Å². The molecular formula is C12H17F. The van der Waals surface area contributed by atoms with Crippen LogP contribution in [0.5, 0.6) is 0 Å². The molecule has 13 heavy (non-hydrogen) atoms. The van der Waals surface area contributed by atoms with Crippen LogP contribution in [0, 0.1) is 0 Å². The van der Waals surface area contributed by atoms with Crippen LogP contribution in [-0.4, -0.2) is 6.17 Å². The summed E-state index contributed by atoms with van der Waals surface area (Å²) in [5.41, 5.74) is 1.31. The maximum absolute atomic E-state index is 12.8. The average Bonchev–Trinajstić information content (AvgIpc) is 2.19. The second-order valence-electron chi connectivity index (χ2n) is 3.38. The maximum Gasteiger partial charge on any atom is 0.0999 e. The lowest BCUT2D eigenvalue weighted by Crippen LogP contribution is -1.98. The van der Waals surface area contributed by atoms with Gasteiger partial charge in [-0.1, -0.05) is 37.3 Å². The number of hydrogen-bond donors (Lipinski definition) is 0. The average molecular weight is 180 g/mol. The van der Waals surface area contributed by atoms with E-state index in [1.54, 1.807) is 0 Å². The quantitative estimate of drug-likeness (QED) is 0.647. The molecule has 0 saturated carbocycles. The van der Waals surface area contributed by atoms with E-state index in [0.717, 1.165) is 12.8 Å². The van der Waals surface area contributed by atoms with Crippen molar-refractivity contribution < 1.29 is 4.39 Å². The van der Waals surface area contributed by atoms with Crippen LogP contribution in [0.25, 0.3) is 0 Å². The summed E-state index contributed by atoms with van der Waals surface area (Å²) in [6.45, 7) is 1.90. The molecule has 0 saturated heterocycles. The van der Waals surface area contributed by atoms with Gasteiger partial charge in [-0.15, -0.1) is 0 Å². The van der Waals surface area contributed by atoms with Gasteiger partial charge in [-0.05, 0) is 31.2 Å². The molecule has 1 aromatic rings. The lowest BCUT2D eigenvalue weighted by atomic mass is 10.1. The third-order valence-electron chi connectivity index (χ3n) is 2.27. The van der Waals surface area contributed by atoms with Gasteiger partial charge in [-0.2, -0.15) is 0 Å². The van der Waals surface area contributed by atoms with E-state index in [1.807, 2.05) is 25.1 Å². The molecule has 0 N–H and O–H groups in total. The van der Waals surface area contributed by atoms with E-state index in [-0.39, 0.29) is 0 Å². The van der Waals surface area contributed by atoms with Crippen LogP contribution < -0.4 is 0 Å². The fraction of sp³-hybridized carbons (Fsp3) is 0.500. The van der Waals surface area contributed by atoms with Crippen LogP contribution >= 0.6 is 0 Å². The van der Waals surface area contributed by atoms with Crippen molar-refractivity contribution >= 4 is 0 Å². The van der Waals surface area contributed by atoms with Crippen molar-refractivity contribution in [3.8, 4) is 0 Å². The Hall–Kier alpha value is -0.850. The Morgan fingerprint density at radius 2 is 1.92 bits per heavy atom. The molecule has 0 radical (unpaired) electrons. The van der Waals surface area contributed by atoms with Crippen LogP contribution in [0.15, 0.2) is 30.3 Å². The Balaban J connectivity index is 2.20. The zero-order valence-electron chi connectivity index (χ0n) is 8.17. The highest BCUT2D eigenvalue weighted by molar-refractivity contribution is 5.14. The van der Waals surface area contributed by atoms with Crippen LogP contribution in [0.3, 0.4) is 0 Å². The number of aryl methyl sites for hydroxylation is 1. The van der Waals surface area contributed by atoms with Crippen molar-refractivity contribution in [1.29, 1.82) is 0 Å². The fourth-order valence-corrected chi connectivity index (χ4v) is 1.38. The van der Waals surface area contributed by atoms with Crippen molar-refractivity contribution in [3.05, 3.63) is 35.9 Å². The summed E-state index contributed by atoms with van der Waals surface area (Å²) >= 11 is 0. The van der Waals surface area contributed by atoms with Crippen molar-refractivity contribution in [3.63, 3.8) is 0 Å². The normalized spacial score (nSPS) is 12.8. The number of rotatable bonds is 5. The summed E-state index contributed by atoms with van der Waals surface area (Å²) in [5.74, 6) is 0. The molecule has 1 atom stereocenters. The first-order valence-electron chi connectivity index (χ1n) is 5.01. The molecule has 1 rings (SSSR count). The molecule has 1 unspecified atom stereocenters. The number of alkyl halides is 1. The van der Waals surface area contributed by atoms with Crippen molar-refractivity contribution in [2.24, 2.45) is 0 Å².